The number of benzene rings is 1. The molecule has 1 saturated heterocycles. The monoisotopic (exact) mass is 549 g/mol. The van der Waals surface area contributed by atoms with Crippen LogP contribution in [0.15, 0.2) is 23.2 Å². The molecular weight excluding hydrogens is 508 g/mol. The molecule has 1 aromatic rings. The molecule has 1 aromatic carbocycles. The number of halogens is 2. The smallest absolute Gasteiger partial charge is 0.191 e. The zero-order valence-electron chi connectivity index (χ0n) is 19.8. The number of rotatable bonds is 10. The van der Waals surface area contributed by atoms with Crippen molar-refractivity contribution < 1.29 is 9.13 Å². The van der Waals surface area contributed by atoms with Crippen LogP contribution in [0, 0.1) is 5.82 Å². The van der Waals surface area contributed by atoms with E-state index >= 15 is 0 Å². The third-order valence-electron chi connectivity index (χ3n) is 5.15. The van der Waals surface area contributed by atoms with Crippen molar-refractivity contribution in [3.63, 3.8) is 0 Å². The molecule has 2 rings (SSSR count). The molecule has 0 unspecified atom stereocenters. The largest absolute Gasteiger partial charge is 0.377 e. The zero-order chi connectivity index (χ0) is 21.9. The van der Waals surface area contributed by atoms with Crippen LogP contribution in [0.1, 0.15) is 44.7 Å². The van der Waals surface area contributed by atoms with Crippen molar-refractivity contribution in [3.8, 4) is 0 Å². The van der Waals surface area contributed by atoms with Crippen LogP contribution in [0.2, 0.25) is 0 Å². The van der Waals surface area contributed by atoms with Gasteiger partial charge in [0.1, 0.15) is 5.82 Å². The van der Waals surface area contributed by atoms with Crippen LogP contribution >= 0.6 is 24.0 Å². The van der Waals surface area contributed by atoms with E-state index in [1.807, 2.05) is 31.1 Å². The number of guanidine groups is 1. The maximum Gasteiger partial charge on any atom is 0.191 e. The first-order valence-electron chi connectivity index (χ1n) is 11.2. The van der Waals surface area contributed by atoms with Crippen LogP contribution in [-0.4, -0.2) is 74.8 Å². The van der Waals surface area contributed by atoms with Crippen LogP contribution in [0.25, 0.3) is 0 Å². The number of piperidine rings is 1. The summed E-state index contributed by atoms with van der Waals surface area (Å²) in [5.41, 5.74) is 1.73. The van der Waals surface area contributed by atoms with Crippen LogP contribution in [0.5, 0.6) is 0 Å². The number of likely N-dealkylation sites (tertiary alicyclic amines) is 1. The van der Waals surface area contributed by atoms with Gasteiger partial charge in [-0.15, -0.1) is 24.0 Å². The van der Waals surface area contributed by atoms with E-state index in [-0.39, 0.29) is 29.8 Å². The Bertz CT molecular complexity index is 663. The van der Waals surface area contributed by atoms with E-state index in [0.29, 0.717) is 30.8 Å². The van der Waals surface area contributed by atoms with Crippen LogP contribution < -0.4 is 10.6 Å². The fraction of sp³-hybridized carbons (Fsp3) is 0.696. The fourth-order valence-electron chi connectivity index (χ4n) is 3.59. The Balaban J connectivity index is 0.00000480. The van der Waals surface area contributed by atoms with Gasteiger partial charge in [0.2, 0.25) is 0 Å². The Morgan fingerprint density at radius 3 is 2.61 bits per heavy atom. The summed E-state index contributed by atoms with van der Waals surface area (Å²) in [5, 5.41) is 6.92. The van der Waals surface area contributed by atoms with Crippen molar-refractivity contribution in [2.24, 2.45) is 4.99 Å². The van der Waals surface area contributed by atoms with Gasteiger partial charge in [-0.3, -0.25) is 0 Å². The average Bonchev–Trinajstić information content (AvgIpc) is 2.69. The predicted molar refractivity (Wildman–Crippen MR) is 138 cm³/mol. The molecule has 0 amide bonds. The topological polar surface area (TPSA) is 52.1 Å². The first kappa shape index (κ1) is 28.1. The summed E-state index contributed by atoms with van der Waals surface area (Å²) in [7, 11) is 3.89. The van der Waals surface area contributed by atoms with Crippen molar-refractivity contribution in [3.05, 3.63) is 35.1 Å². The highest BCUT2D eigenvalue weighted by Crippen LogP contribution is 2.14. The van der Waals surface area contributed by atoms with E-state index in [9.17, 15) is 4.39 Å². The van der Waals surface area contributed by atoms with Gasteiger partial charge in [0.25, 0.3) is 0 Å². The molecule has 0 saturated carbocycles. The molecule has 0 bridgehead atoms. The number of nitrogens with one attached hydrogen (secondary N) is 2. The molecular formula is C23H41FIN5O. The van der Waals surface area contributed by atoms with Gasteiger partial charge in [-0.25, -0.2) is 9.38 Å². The molecule has 1 fully saturated rings. The lowest BCUT2D eigenvalue weighted by Gasteiger charge is -2.33. The minimum atomic E-state index is -0.160. The van der Waals surface area contributed by atoms with Gasteiger partial charge in [0.15, 0.2) is 5.96 Å². The molecule has 1 aliphatic heterocycles. The molecule has 0 spiro atoms. The molecule has 178 valence electrons. The molecule has 0 aromatic heterocycles. The number of aliphatic imine (C=N–C) groups is 1. The van der Waals surface area contributed by atoms with E-state index < -0.39 is 0 Å². The van der Waals surface area contributed by atoms with Gasteiger partial charge in [0.05, 0.1) is 19.3 Å². The van der Waals surface area contributed by atoms with E-state index in [0.717, 1.165) is 57.2 Å². The third-order valence-corrected chi connectivity index (χ3v) is 5.15. The molecule has 8 heteroatoms. The number of nitrogens with zero attached hydrogens (tertiary/aromatic N) is 3. The molecule has 0 radical (unpaired) electrons. The summed E-state index contributed by atoms with van der Waals surface area (Å²) in [5.74, 6) is 0.671. The maximum atomic E-state index is 14.0. The Morgan fingerprint density at radius 2 is 2.00 bits per heavy atom. The summed E-state index contributed by atoms with van der Waals surface area (Å²) in [6, 6.07) is 5.70. The first-order valence-corrected chi connectivity index (χ1v) is 11.2. The van der Waals surface area contributed by atoms with Gasteiger partial charge >= 0.3 is 0 Å². The molecule has 31 heavy (non-hydrogen) atoms. The second kappa shape index (κ2) is 15.0. The van der Waals surface area contributed by atoms with E-state index in [1.165, 1.54) is 0 Å². The standard InChI is InChI=1S/C23H40FN5O.HI/c1-6-25-23(26-16-19-7-8-22(24)20(15-19)17-28(4)5)27-21-9-11-29(12-10-21)13-14-30-18(2)3;/h7-8,15,18,21H,6,9-14,16-17H2,1-5H3,(H2,25,26,27);1H. The van der Waals surface area contributed by atoms with Crippen molar-refractivity contribution in [2.75, 3.05) is 46.9 Å². The van der Waals surface area contributed by atoms with Gasteiger partial charge in [-0.05, 0) is 65.4 Å². The summed E-state index contributed by atoms with van der Waals surface area (Å²) in [4.78, 5) is 9.18. The second-order valence-electron chi connectivity index (χ2n) is 8.54. The van der Waals surface area contributed by atoms with Crippen LogP contribution in [-0.2, 0) is 17.8 Å². The zero-order valence-corrected chi connectivity index (χ0v) is 22.1. The minimum Gasteiger partial charge on any atom is -0.377 e. The van der Waals surface area contributed by atoms with Crippen LogP contribution in [0.4, 0.5) is 4.39 Å². The van der Waals surface area contributed by atoms with Crippen molar-refractivity contribution in [1.29, 1.82) is 0 Å². The lowest BCUT2D eigenvalue weighted by molar-refractivity contribution is 0.0532. The van der Waals surface area contributed by atoms with Gasteiger partial charge in [-0.1, -0.05) is 6.07 Å². The maximum absolute atomic E-state index is 14.0. The van der Waals surface area contributed by atoms with Gasteiger partial charge < -0.3 is 25.2 Å². The van der Waals surface area contributed by atoms with E-state index in [1.54, 1.807) is 6.07 Å². The number of ether oxygens (including phenoxy) is 1. The summed E-state index contributed by atoms with van der Waals surface area (Å²) >= 11 is 0. The summed E-state index contributed by atoms with van der Waals surface area (Å²) < 4.78 is 19.7. The minimum absolute atomic E-state index is 0. The van der Waals surface area contributed by atoms with Crippen molar-refractivity contribution >= 4 is 29.9 Å². The molecule has 2 N–H and O–H groups in total. The Kier molecular flexibility index (Phi) is 13.6. The van der Waals surface area contributed by atoms with Crippen molar-refractivity contribution in [1.82, 2.24) is 20.4 Å². The van der Waals surface area contributed by atoms with Gasteiger partial charge in [0, 0.05) is 44.3 Å². The normalized spacial score (nSPS) is 15.9. The lowest BCUT2D eigenvalue weighted by atomic mass is 10.1. The first-order chi connectivity index (χ1) is 14.4. The van der Waals surface area contributed by atoms with Crippen LogP contribution in [0.3, 0.4) is 0 Å². The molecule has 1 aliphatic rings. The lowest BCUT2D eigenvalue weighted by Crippen LogP contribution is -2.49. The quantitative estimate of drug-likeness (QED) is 0.266. The fourth-order valence-corrected chi connectivity index (χ4v) is 3.59. The SMILES string of the molecule is CCNC(=NCc1ccc(F)c(CN(C)C)c1)NC1CCN(CCOC(C)C)CC1.I. The number of hydrogen-bond acceptors (Lipinski definition) is 4. The number of hydrogen-bond donors (Lipinski definition) is 2. The predicted octanol–water partition coefficient (Wildman–Crippen LogP) is 3.45. The Morgan fingerprint density at radius 1 is 1.29 bits per heavy atom. The highest BCUT2D eigenvalue weighted by molar-refractivity contribution is 14.0. The third kappa shape index (κ3) is 10.9. The van der Waals surface area contributed by atoms with Gasteiger partial charge in [-0.2, -0.15) is 0 Å². The van der Waals surface area contributed by atoms with Crippen molar-refractivity contribution in [2.45, 2.75) is 58.8 Å². The second-order valence-corrected chi connectivity index (χ2v) is 8.54. The average molecular weight is 550 g/mol. The Hall–Kier alpha value is -0.970. The highest BCUT2D eigenvalue weighted by atomic mass is 127. The van der Waals surface area contributed by atoms with E-state index in [2.05, 4.69) is 36.3 Å². The molecule has 0 aliphatic carbocycles. The highest BCUT2D eigenvalue weighted by Gasteiger charge is 2.19. The van der Waals surface area contributed by atoms with E-state index in [4.69, 9.17) is 9.73 Å². The Labute approximate surface area is 205 Å². The molecule has 6 nitrogen and oxygen atoms in total. The summed E-state index contributed by atoms with van der Waals surface area (Å²) in [6.45, 7) is 12.1. The molecule has 0 atom stereocenters. The summed E-state index contributed by atoms with van der Waals surface area (Å²) in [6.07, 6.45) is 2.48. The molecule has 1 heterocycles.